The van der Waals surface area contributed by atoms with E-state index in [4.69, 9.17) is 11.6 Å². The Bertz CT molecular complexity index is 747. The van der Waals surface area contributed by atoms with Crippen LogP contribution in [-0.2, 0) is 25.9 Å². The fourth-order valence-corrected chi connectivity index (χ4v) is 2.56. The summed E-state index contributed by atoms with van der Waals surface area (Å²) in [6.07, 6.45) is 4.47. The zero-order valence-electron chi connectivity index (χ0n) is 11.1. The molecule has 0 spiro atoms. The van der Waals surface area contributed by atoms with Gasteiger partial charge in [0, 0.05) is 38.5 Å². The smallest absolute Gasteiger partial charge is 0.125 e. The predicted octanol–water partition coefficient (Wildman–Crippen LogP) is 2.89. The quantitative estimate of drug-likeness (QED) is 0.693. The van der Waals surface area contributed by atoms with Crippen molar-refractivity contribution in [2.45, 2.75) is 18.8 Å². The molecule has 0 saturated carbocycles. The Labute approximate surface area is 120 Å². The average Bonchev–Trinajstić information content (AvgIpc) is 2.99. The fourth-order valence-electron chi connectivity index (χ4n) is 2.35. The molecule has 0 saturated heterocycles. The highest BCUT2D eigenvalue weighted by Gasteiger charge is 2.11. The Morgan fingerprint density at radius 1 is 1.30 bits per heavy atom. The number of alkyl halides is 1. The Morgan fingerprint density at radius 3 is 2.85 bits per heavy atom. The lowest BCUT2D eigenvalue weighted by Crippen LogP contribution is -2.08. The number of halogens is 2. The van der Waals surface area contributed by atoms with Gasteiger partial charge in [-0.05, 0) is 12.1 Å². The first-order valence-corrected chi connectivity index (χ1v) is 6.89. The van der Waals surface area contributed by atoms with E-state index in [2.05, 4.69) is 9.97 Å². The van der Waals surface area contributed by atoms with E-state index in [-0.39, 0.29) is 5.82 Å². The van der Waals surface area contributed by atoms with Gasteiger partial charge >= 0.3 is 0 Å². The van der Waals surface area contributed by atoms with Crippen LogP contribution >= 0.6 is 11.6 Å². The minimum Gasteiger partial charge on any atom is -0.338 e. The Morgan fingerprint density at radius 2 is 2.15 bits per heavy atom. The van der Waals surface area contributed by atoms with Crippen LogP contribution in [-0.4, -0.2) is 19.1 Å². The number of imidazole rings is 2. The first kappa shape index (κ1) is 13.1. The maximum absolute atomic E-state index is 13.2. The van der Waals surface area contributed by atoms with Crippen molar-refractivity contribution in [2.24, 2.45) is 7.05 Å². The van der Waals surface area contributed by atoms with E-state index in [0.717, 1.165) is 30.1 Å². The molecule has 104 valence electrons. The lowest BCUT2D eigenvalue weighted by atomic mass is 10.3. The molecule has 20 heavy (non-hydrogen) atoms. The number of nitrogens with zero attached hydrogens (tertiary/aromatic N) is 4. The second-order valence-corrected chi connectivity index (χ2v) is 4.92. The highest BCUT2D eigenvalue weighted by molar-refractivity contribution is 6.16. The largest absolute Gasteiger partial charge is 0.338 e. The molecule has 3 rings (SSSR count). The van der Waals surface area contributed by atoms with E-state index in [0.29, 0.717) is 11.4 Å². The molecule has 3 aromatic rings. The zero-order chi connectivity index (χ0) is 14.1. The molecular formula is C14H14ClFN4. The third kappa shape index (κ3) is 2.29. The van der Waals surface area contributed by atoms with Gasteiger partial charge in [0.05, 0.1) is 16.9 Å². The van der Waals surface area contributed by atoms with Gasteiger partial charge in [0.25, 0.3) is 0 Å². The van der Waals surface area contributed by atoms with E-state index >= 15 is 0 Å². The predicted molar refractivity (Wildman–Crippen MR) is 76.2 cm³/mol. The molecule has 0 atom stereocenters. The number of hydrogen-bond donors (Lipinski definition) is 0. The second kappa shape index (κ2) is 5.25. The van der Waals surface area contributed by atoms with Crippen LogP contribution in [0, 0.1) is 5.82 Å². The van der Waals surface area contributed by atoms with Gasteiger partial charge in [-0.3, -0.25) is 0 Å². The molecule has 4 nitrogen and oxygen atoms in total. The van der Waals surface area contributed by atoms with Crippen molar-refractivity contribution >= 4 is 22.6 Å². The Balaban J connectivity index is 1.95. The summed E-state index contributed by atoms with van der Waals surface area (Å²) in [5, 5.41) is 0. The van der Waals surface area contributed by atoms with Gasteiger partial charge in [0.2, 0.25) is 0 Å². The molecule has 0 aliphatic heterocycles. The average molecular weight is 293 g/mol. The van der Waals surface area contributed by atoms with Gasteiger partial charge in [-0.15, -0.1) is 11.6 Å². The molecule has 0 amide bonds. The molecule has 0 aliphatic carbocycles. The van der Waals surface area contributed by atoms with Crippen molar-refractivity contribution in [2.75, 3.05) is 0 Å². The van der Waals surface area contributed by atoms with E-state index in [1.165, 1.54) is 12.1 Å². The van der Waals surface area contributed by atoms with Crippen molar-refractivity contribution in [1.29, 1.82) is 0 Å². The van der Waals surface area contributed by atoms with Crippen molar-refractivity contribution < 1.29 is 4.39 Å². The molecule has 0 radical (unpaired) electrons. The first-order chi connectivity index (χ1) is 9.69. The molecular weight excluding hydrogens is 279 g/mol. The SMILES string of the molecule is Cn1ccnc1CCn1c(CCl)nc2cc(F)ccc21. The molecule has 2 heterocycles. The standard InChI is InChI=1S/C14H14ClFN4/c1-19-7-5-17-13(19)4-6-20-12-3-2-10(16)8-11(12)18-14(20)9-15/h2-3,5,7-8H,4,6,9H2,1H3. The normalized spacial score (nSPS) is 11.3. The topological polar surface area (TPSA) is 35.6 Å². The molecule has 0 fully saturated rings. The first-order valence-electron chi connectivity index (χ1n) is 6.36. The van der Waals surface area contributed by atoms with Crippen LogP contribution in [0.15, 0.2) is 30.6 Å². The summed E-state index contributed by atoms with van der Waals surface area (Å²) in [6, 6.07) is 4.62. The van der Waals surface area contributed by atoms with Crippen molar-refractivity contribution in [3.63, 3.8) is 0 Å². The molecule has 0 aliphatic rings. The Kier molecular flexibility index (Phi) is 3.44. The van der Waals surface area contributed by atoms with Gasteiger partial charge in [-0.2, -0.15) is 0 Å². The van der Waals surface area contributed by atoms with Crippen LogP contribution in [0.3, 0.4) is 0 Å². The number of aromatic nitrogens is 4. The summed E-state index contributed by atoms with van der Waals surface area (Å²) in [4.78, 5) is 8.68. The highest BCUT2D eigenvalue weighted by Crippen LogP contribution is 2.19. The summed E-state index contributed by atoms with van der Waals surface area (Å²) < 4.78 is 17.3. The van der Waals surface area contributed by atoms with E-state index < -0.39 is 0 Å². The summed E-state index contributed by atoms with van der Waals surface area (Å²) in [7, 11) is 1.96. The minimum absolute atomic E-state index is 0.285. The summed E-state index contributed by atoms with van der Waals surface area (Å²) in [5.41, 5.74) is 1.54. The second-order valence-electron chi connectivity index (χ2n) is 4.65. The number of hydrogen-bond acceptors (Lipinski definition) is 2. The van der Waals surface area contributed by atoms with Gasteiger partial charge in [0.15, 0.2) is 0 Å². The highest BCUT2D eigenvalue weighted by atomic mass is 35.5. The fraction of sp³-hybridized carbons (Fsp3) is 0.286. The summed E-state index contributed by atoms with van der Waals surface area (Å²) in [6.45, 7) is 0.717. The minimum atomic E-state index is -0.285. The summed E-state index contributed by atoms with van der Waals surface area (Å²) in [5.74, 6) is 1.76. The monoisotopic (exact) mass is 292 g/mol. The molecule has 6 heteroatoms. The maximum Gasteiger partial charge on any atom is 0.125 e. The third-order valence-corrected chi connectivity index (χ3v) is 3.63. The van der Waals surface area contributed by atoms with Gasteiger partial charge in [-0.1, -0.05) is 0 Å². The molecule has 0 N–H and O–H groups in total. The summed E-state index contributed by atoms with van der Waals surface area (Å²) >= 11 is 5.94. The lowest BCUT2D eigenvalue weighted by Gasteiger charge is -2.07. The van der Waals surface area contributed by atoms with Crippen LogP contribution < -0.4 is 0 Å². The maximum atomic E-state index is 13.2. The molecule has 0 bridgehead atoms. The lowest BCUT2D eigenvalue weighted by molar-refractivity contribution is 0.628. The van der Waals surface area contributed by atoms with Crippen LogP contribution in [0.5, 0.6) is 0 Å². The van der Waals surface area contributed by atoms with Gasteiger partial charge < -0.3 is 9.13 Å². The Hall–Kier alpha value is -1.88. The van der Waals surface area contributed by atoms with Crippen molar-refractivity contribution in [1.82, 2.24) is 19.1 Å². The number of fused-ring (bicyclic) bond motifs is 1. The number of aryl methyl sites for hydroxylation is 3. The van der Waals surface area contributed by atoms with Crippen molar-refractivity contribution in [3.8, 4) is 0 Å². The van der Waals surface area contributed by atoms with Crippen molar-refractivity contribution in [3.05, 3.63) is 48.1 Å². The van der Waals surface area contributed by atoms with E-state index in [9.17, 15) is 4.39 Å². The van der Waals surface area contributed by atoms with Crippen LogP contribution in [0.1, 0.15) is 11.6 Å². The molecule has 2 aromatic heterocycles. The van der Waals surface area contributed by atoms with Crippen LogP contribution in [0.4, 0.5) is 4.39 Å². The zero-order valence-corrected chi connectivity index (χ0v) is 11.8. The molecule has 0 unspecified atom stereocenters. The number of rotatable bonds is 4. The third-order valence-electron chi connectivity index (χ3n) is 3.39. The number of benzene rings is 1. The van der Waals surface area contributed by atoms with Crippen LogP contribution in [0.25, 0.3) is 11.0 Å². The van der Waals surface area contributed by atoms with Gasteiger partial charge in [0.1, 0.15) is 17.5 Å². The van der Waals surface area contributed by atoms with E-state index in [1.807, 2.05) is 22.4 Å². The van der Waals surface area contributed by atoms with E-state index in [1.54, 1.807) is 12.3 Å². The van der Waals surface area contributed by atoms with Gasteiger partial charge in [-0.25, -0.2) is 14.4 Å². The van der Waals surface area contributed by atoms with Crippen LogP contribution in [0.2, 0.25) is 0 Å². The molecule has 1 aromatic carbocycles.